The molecule has 0 aromatic heterocycles. The quantitative estimate of drug-likeness (QED) is 0.456. The minimum Gasteiger partial charge on any atom is -0.481 e. The molecule has 4 atom stereocenters. The van der Waals surface area contributed by atoms with Crippen molar-refractivity contribution in [2.24, 2.45) is 11.7 Å². The zero-order chi connectivity index (χ0) is 23.8. The van der Waals surface area contributed by atoms with Crippen LogP contribution in [0.1, 0.15) is 45.6 Å². The number of nitrogens with two attached hydrogens (primary N) is 1. The molecule has 0 radical (unpaired) electrons. The highest BCUT2D eigenvalue weighted by molar-refractivity contribution is 5.84. The first kappa shape index (κ1) is 25.3. The Kier molecular flexibility index (Phi) is 9.19. The van der Waals surface area contributed by atoms with Gasteiger partial charge in [0.2, 0.25) is 11.8 Å². The van der Waals surface area contributed by atoms with Crippen LogP contribution in [0.5, 0.6) is 0 Å². The molecule has 0 aliphatic carbocycles. The number of likely N-dealkylation sites (tertiary alicyclic amines) is 1. The van der Waals surface area contributed by atoms with Crippen LogP contribution < -0.4 is 11.1 Å². The van der Waals surface area contributed by atoms with E-state index in [2.05, 4.69) is 5.32 Å². The van der Waals surface area contributed by atoms with E-state index in [0.29, 0.717) is 19.4 Å². The van der Waals surface area contributed by atoms with Crippen molar-refractivity contribution in [3.63, 3.8) is 0 Å². The summed E-state index contributed by atoms with van der Waals surface area (Å²) in [6.07, 6.45) is -0.128. The first-order valence-corrected chi connectivity index (χ1v) is 10.9. The lowest BCUT2D eigenvalue weighted by Crippen LogP contribution is -2.53. The van der Waals surface area contributed by atoms with Crippen LogP contribution in [0.4, 0.5) is 0 Å². The van der Waals surface area contributed by atoms with Crippen molar-refractivity contribution in [2.75, 3.05) is 6.54 Å². The standard InChI is InChI=1S/C23H33N3O6/c1-14(2)21(24)22(30)26-11-7-10-18(26)19(13-20(28)29)32-23(31)17(25-15(3)27)12-16-8-5-4-6-9-16/h4-6,8-9,14,17-19,21H,7,10-13,24H2,1-3H3,(H,25,27)(H,28,29)/t17-,18-,19-,21-/m0/s1. The first-order valence-electron chi connectivity index (χ1n) is 10.9. The number of ether oxygens (including phenoxy) is 1. The molecule has 0 saturated carbocycles. The first-order chi connectivity index (χ1) is 15.1. The van der Waals surface area contributed by atoms with Gasteiger partial charge in [-0.1, -0.05) is 44.2 Å². The van der Waals surface area contributed by atoms with Crippen molar-refractivity contribution < 1.29 is 29.0 Å². The van der Waals surface area contributed by atoms with E-state index in [1.807, 2.05) is 44.2 Å². The maximum absolute atomic E-state index is 13.0. The molecule has 9 heteroatoms. The number of hydrogen-bond donors (Lipinski definition) is 3. The van der Waals surface area contributed by atoms with Crippen LogP contribution in [-0.2, 0) is 30.3 Å². The van der Waals surface area contributed by atoms with Gasteiger partial charge < -0.3 is 25.8 Å². The molecule has 2 rings (SSSR count). The Labute approximate surface area is 188 Å². The maximum Gasteiger partial charge on any atom is 0.329 e. The van der Waals surface area contributed by atoms with Gasteiger partial charge in [0, 0.05) is 19.9 Å². The summed E-state index contributed by atoms with van der Waals surface area (Å²) in [5.41, 5.74) is 6.85. The monoisotopic (exact) mass is 447 g/mol. The average molecular weight is 448 g/mol. The predicted octanol–water partition coefficient (Wildman–Crippen LogP) is 1.09. The smallest absolute Gasteiger partial charge is 0.329 e. The number of carbonyl (C=O) groups is 4. The Balaban J connectivity index is 2.21. The van der Waals surface area contributed by atoms with Crippen molar-refractivity contribution in [3.05, 3.63) is 35.9 Å². The molecule has 2 amide bonds. The predicted molar refractivity (Wildman–Crippen MR) is 117 cm³/mol. The molecule has 1 aromatic carbocycles. The number of esters is 1. The van der Waals surface area contributed by atoms with Crippen LogP contribution in [0.3, 0.4) is 0 Å². The highest BCUT2D eigenvalue weighted by Crippen LogP contribution is 2.26. The van der Waals surface area contributed by atoms with Gasteiger partial charge in [-0.25, -0.2) is 4.79 Å². The number of nitrogens with one attached hydrogen (secondary N) is 1. The van der Waals surface area contributed by atoms with Gasteiger partial charge in [0.05, 0.1) is 18.5 Å². The van der Waals surface area contributed by atoms with Crippen molar-refractivity contribution in [1.29, 1.82) is 0 Å². The fourth-order valence-electron chi connectivity index (χ4n) is 3.88. The Morgan fingerprint density at radius 1 is 1.22 bits per heavy atom. The van der Waals surface area contributed by atoms with Gasteiger partial charge in [0.1, 0.15) is 12.1 Å². The molecule has 0 bridgehead atoms. The third-order valence-electron chi connectivity index (χ3n) is 5.60. The van der Waals surface area contributed by atoms with Crippen molar-refractivity contribution in [3.8, 4) is 0 Å². The number of rotatable bonds is 10. The van der Waals surface area contributed by atoms with Crippen LogP contribution in [0, 0.1) is 5.92 Å². The number of benzene rings is 1. The summed E-state index contributed by atoms with van der Waals surface area (Å²) in [6, 6.07) is 6.84. The Hall–Kier alpha value is -2.94. The topological polar surface area (TPSA) is 139 Å². The number of amides is 2. The fraction of sp³-hybridized carbons (Fsp3) is 0.565. The van der Waals surface area contributed by atoms with Crippen LogP contribution in [0.15, 0.2) is 30.3 Å². The summed E-state index contributed by atoms with van der Waals surface area (Å²) in [5, 5.41) is 12.0. The molecule has 32 heavy (non-hydrogen) atoms. The minimum atomic E-state index is -1.14. The molecule has 1 aliphatic rings. The van der Waals surface area contributed by atoms with Crippen LogP contribution in [-0.4, -0.2) is 64.5 Å². The van der Waals surface area contributed by atoms with Crippen LogP contribution >= 0.6 is 0 Å². The fourth-order valence-corrected chi connectivity index (χ4v) is 3.88. The second kappa shape index (κ2) is 11.6. The summed E-state index contributed by atoms with van der Waals surface area (Å²) < 4.78 is 5.63. The second-order valence-corrected chi connectivity index (χ2v) is 8.53. The molecule has 1 aliphatic heterocycles. The summed E-state index contributed by atoms with van der Waals surface area (Å²) in [7, 11) is 0. The molecule has 1 aromatic rings. The average Bonchev–Trinajstić information content (AvgIpc) is 3.21. The van der Waals surface area contributed by atoms with Crippen LogP contribution in [0.2, 0.25) is 0 Å². The highest BCUT2D eigenvalue weighted by atomic mass is 16.5. The van der Waals surface area contributed by atoms with E-state index in [1.54, 1.807) is 0 Å². The lowest BCUT2D eigenvalue weighted by atomic mass is 10.0. The summed E-state index contributed by atoms with van der Waals surface area (Å²) in [6.45, 7) is 5.40. The third kappa shape index (κ3) is 7.05. The van der Waals surface area contributed by atoms with Crippen molar-refractivity contribution in [1.82, 2.24) is 10.2 Å². The van der Waals surface area contributed by atoms with E-state index >= 15 is 0 Å². The summed E-state index contributed by atoms with van der Waals surface area (Å²) in [4.78, 5) is 50.6. The summed E-state index contributed by atoms with van der Waals surface area (Å²) in [5.74, 6) is -2.65. The zero-order valence-corrected chi connectivity index (χ0v) is 18.8. The number of carboxylic acid groups (broad SMARTS) is 1. The highest BCUT2D eigenvalue weighted by Gasteiger charge is 2.40. The van der Waals surface area contributed by atoms with E-state index in [0.717, 1.165) is 5.56 Å². The molecule has 1 heterocycles. The van der Waals surface area contributed by atoms with E-state index < -0.39 is 48.5 Å². The molecule has 1 saturated heterocycles. The molecule has 4 N–H and O–H groups in total. The molecule has 176 valence electrons. The lowest BCUT2D eigenvalue weighted by molar-refractivity contribution is -0.161. The zero-order valence-electron chi connectivity index (χ0n) is 18.8. The number of carbonyl (C=O) groups excluding carboxylic acids is 3. The van der Waals surface area contributed by atoms with Gasteiger partial charge in [-0.05, 0) is 24.3 Å². The van der Waals surface area contributed by atoms with Crippen LogP contribution in [0.25, 0.3) is 0 Å². The second-order valence-electron chi connectivity index (χ2n) is 8.53. The molecule has 0 unspecified atom stereocenters. The van der Waals surface area contributed by atoms with Gasteiger partial charge in [-0.15, -0.1) is 0 Å². The molecule has 0 spiro atoms. The van der Waals surface area contributed by atoms with E-state index in [9.17, 15) is 24.3 Å². The maximum atomic E-state index is 13.0. The number of nitrogens with zero attached hydrogens (tertiary/aromatic N) is 1. The minimum absolute atomic E-state index is 0.0840. The lowest BCUT2D eigenvalue weighted by Gasteiger charge is -2.33. The van der Waals surface area contributed by atoms with E-state index in [4.69, 9.17) is 10.5 Å². The van der Waals surface area contributed by atoms with Gasteiger partial charge in [0.25, 0.3) is 0 Å². The summed E-state index contributed by atoms with van der Waals surface area (Å²) >= 11 is 0. The molecule has 1 fully saturated rings. The van der Waals surface area contributed by atoms with Crippen molar-refractivity contribution in [2.45, 2.75) is 70.7 Å². The molecular weight excluding hydrogens is 414 g/mol. The van der Waals surface area contributed by atoms with E-state index in [1.165, 1.54) is 11.8 Å². The largest absolute Gasteiger partial charge is 0.481 e. The van der Waals surface area contributed by atoms with Gasteiger partial charge in [-0.3, -0.25) is 14.4 Å². The van der Waals surface area contributed by atoms with Gasteiger partial charge in [0.15, 0.2) is 0 Å². The van der Waals surface area contributed by atoms with Gasteiger partial charge in [-0.2, -0.15) is 0 Å². The Morgan fingerprint density at radius 2 is 1.88 bits per heavy atom. The number of hydrogen-bond acceptors (Lipinski definition) is 6. The SMILES string of the molecule is CC(=O)N[C@@H](Cc1ccccc1)C(=O)O[C@@H](CC(=O)O)[C@@H]1CCCN1C(=O)[C@@H](N)C(C)C. The molecular formula is C23H33N3O6. The van der Waals surface area contributed by atoms with Gasteiger partial charge >= 0.3 is 11.9 Å². The Bertz CT molecular complexity index is 813. The van der Waals surface area contributed by atoms with Crippen molar-refractivity contribution >= 4 is 23.8 Å². The number of carboxylic acids is 1. The Morgan fingerprint density at radius 3 is 2.44 bits per heavy atom. The normalized spacial score (nSPS) is 18.7. The van der Waals surface area contributed by atoms with E-state index in [-0.39, 0.29) is 18.2 Å². The number of aliphatic carboxylic acids is 1. The third-order valence-corrected chi connectivity index (χ3v) is 5.60. The molecule has 9 nitrogen and oxygen atoms in total.